The molecule has 1 heteroatoms. The van der Waals surface area contributed by atoms with Gasteiger partial charge in [-0.15, -0.1) is 0 Å². The van der Waals surface area contributed by atoms with E-state index in [0.29, 0.717) is 11.3 Å². The summed E-state index contributed by atoms with van der Waals surface area (Å²) >= 11 is 0. The van der Waals surface area contributed by atoms with Gasteiger partial charge in [0, 0.05) is 0 Å². The Kier molecular flexibility index (Phi) is 3.05. The quantitative estimate of drug-likeness (QED) is 0.636. The van der Waals surface area contributed by atoms with Crippen LogP contribution >= 0.6 is 0 Å². The highest BCUT2D eigenvalue weighted by Gasteiger charge is 2.28. The van der Waals surface area contributed by atoms with E-state index in [4.69, 9.17) is 0 Å². The lowest BCUT2D eigenvalue weighted by molar-refractivity contribution is 0.224. The van der Waals surface area contributed by atoms with Gasteiger partial charge in [-0.3, -0.25) is 0 Å². The molecule has 2 rings (SSSR count). The predicted octanol–water partition coefficient (Wildman–Crippen LogP) is 4.82. The monoisotopic (exact) mass is 220 g/mol. The summed E-state index contributed by atoms with van der Waals surface area (Å²) in [5.74, 6) is 0.533. The lowest BCUT2D eigenvalue weighted by Gasteiger charge is -2.35. The first-order chi connectivity index (χ1) is 7.48. The summed E-state index contributed by atoms with van der Waals surface area (Å²) in [6, 6.07) is 5.24. The van der Waals surface area contributed by atoms with Gasteiger partial charge in [-0.1, -0.05) is 19.9 Å². The van der Waals surface area contributed by atoms with Crippen molar-refractivity contribution in [2.45, 2.75) is 52.4 Å². The van der Waals surface area contributed by atoms with Crippen molar-refractivity contribution in [3.63, 3.8) is 0 Å². The van der Waals surface area contributed by atoms with Crippen LogP contribution < -0.4 is 0 Å². The first-order valence-corrected chi connectivity index (χ1v) is 6.24. The summed E-state index contributed by atoms with van der Waals surface area (Å²) in [6.45, 7) is 6.72. The minimum absolute atomic E-state index is 0.114. The molecule has 0 aromatic heterocycles. The highest BCUT2D eigenvalue weighted by Crippen LogP contribution is 2.43. The molecule has 1 aromatic rings. The van der Waals surface area contributed by atoms with Gasteiger partial charge in [-0.2, -0.15) is 0 Å². The van der Waals surface area contributed by atoms with Crippen molar-refractivity contribution in [1.29, 1.82) is 0 Å². The summed E-state index contributed by atoms with van der Waals surface area (Å²) in [7, 11) is 0. The van der Waals surface area contributed by atoms with Crippen LogP contribution in [0.5, 0.6) is 0 Å². The molecule has 88 valence electrons. The first-order valence-electron chi connectivity index (χ1n) is 6.24. The molecule has 0 N–H and O–H groups in total. The maximum atomic E-state index is 13.0. The Morgan fingerprint density at radius 2 is 1.81 bits per heavy atom. The zero-order valence-electron chi connectivity index (χ0n) is 10.5. The van der Waals surface area contributed by atoms with Crippen LogP contribution in [0.1, 0.15) is 56.6 Å². The predicted molar refractivity (Wildman–Crippen MR) is 66.1 cm³/mol. The third kappa shape index (κ3) is 2.45. The molecule has 1 aliphatic carbocycles. The summed E-state index contributed by atoms with van der Waals surface area (Å²) in [6.07, 6.45) is 5.07. The number of benzene rings is 1. The summed E-state index contributed by atoms with van der Waals surface area (Å²) < 4.78 is 13.0. The third-order valence-corrected chi connectivity index (χ3v) is 4.01. The average Bonchev–Trinajstić information content (AvgIpc) is 2.19. The number of hydrogen-bond donors (Lipinski definition) is 0. The SMILES string of the molecule is Cc1cc(F)ccc1C1CCC(C)(C)CC1. The van der Waals surface area contributed by atoms with E-state index < -0.39 is 0 Å². The molecular weight excluding hydrogens is 199 g/mol. The van der Waals surface area contributed by atoms with Crippen molar-refractivity contribution in [3.05, 3.63) is 35.1 Å². The maximum Gasteiger partial charge on any atom is 0.123 e. The van der Waals surface area contributed by atoms with E-state index in [9.17, 15) is 4.39 Å². The lowest BCUT2D eigenvalue weighted by Crippen LogP contribution is -2.20. The Morgan fingerprint density at radius 1 is 1.19 bits per heavy atom. The fourth-order valence-corrected chi connectivity index (χ4v) is 2.81. The van der Waals surface area contributed by atoms with Gasteiger partial charge < -0.3 is 0 Å². The number of halogens is 1. The summed E-state index contributed by atoms with van der Waals surface area (Å²) in [5, 5.41) is 0. The maximum absolute atomic E-state index is 13.0. The van der Waals surface area contributed by atoms with Gasteiger partial charge in [0.1, 0.15) is 5.82 Å². The van der Waals surface area contributed by atoms with Crippen molar-refractivity contribution in [2.24, 2.45) is 5.41 Å². The van der Waals surface area contributed by atoms with Crippen LogP contribution in [-0.2, 0) is 0 Å². The second kappa shape index (κ2) is 4.20. The van der Waals surface area contributed by atoms with Crippen LogP contribution in [0.3, 0.4) is 0 Å². The molecule has 0 bridgehead atoms. The fourth-order valence-electron chi connectivity index (χ4n) is 2.81. The van der Waals surface area contributed by atoms with Crippen molar-refractivity contribution >= 4 is 0 Å². The van der Waals surface area contributed by atoms with Crippen LogP contribution in [0.15, 0.2) is 18.2 Å². The molecule has 0 nitrogen and oxygen atoms in total. The Hall–Kier alpha value is -0.850. The molecule has 0 spiro atoms. The van der Waals surface area contributed by atoms with Gasteiger partial charge in [-0.25, -0.2) is 4.39 Å². The molecule has 0 radical (unpaired) electrons. The van der Waals surface area contributed by atoms with Crippen LogP contribution in [0.4, 0.5) is 4.39 Å². The Bertz CT molecular complexity index is 369. The molecule has 1 aromatic carbocycles. The molecule has 0 aliphatic heterocycles. The Labute approximate surface area is 97.9 Å². The highest BCUT2D eigenvalue weighted by atomic mass is 19.1. The zero-order chi connectivity index (χ0) is 11.8. The van der Waals surface area contributed by atoms with Gasteiger partial charge in [0.15, 0.2) is 0 Å². The topological polar surface area (TPSA) is 0 Å². The average molecular weight is 220 g/mol. The molecule has 0 saturated heterocycles. The highest BCUT2D eigenvalue weighted by molar-refractivity contribution is 5.30. The smallest absolute Gasteiger partial charge is 0.123 e. The van der Waals surface area contributed by atoms with E-state index in [2.05, 4.69) is 13.8 Å². The number of rotatable bonds is 1. The fraction of sp³-hybridized carbons (Fsp3) is 0.600. The standard InChI is InChI=1S/C15H21F/c1-11-10-13(16)4-5-14(11)12-6-8-15(2,3)9-7-12/h4-5,10,12H,6-9H2,1-3H3. The molecular formula is C15H21F. The second-order valence-corrected chi connectivity index (χ2v) is 5.94. The Balaban J connectivity index is 2.14. The van der Waals surface area contributed by atoms with Crippen LogP contribution in [-0.4, -0.2) is 0 Å². The van der Waals surface area contributed by atoms with Gasteiger partial charge in [0.05, 0.1) is 0 Å². The summed E-state index contributed by atoms with van der Waals surface area (Å²) in [4.78, 5) is 0. The van der Waals surface area contributed by atoms with E-state index in [1.165, 1.54) is 31.2 Å². The van der Waals surface area contributed by atoms with Crippen LogP contribution in [0, 0.1) is 18.2 Å². The van der Waals surface area contributed by atoms with E-state index in [-0.39, 0.29) is 5.82 Å². The molecule has 1 aliphatic rings. The molecule has 0 unspecified atom stereocenters. The van der Waals surface area contributed by atoms with Gasteiger partial charge in [0.2, 0.25) is 0 Å². The summed E-state index contributed by atoms with van der Waals surface area (Å²) in [5.41, 5.74) is 2.98. The van der Waals surface area contributed by atoms with Gasteiger partial charge in [-0.05, 0) is 67.2 Å². The van der Waals surface area contributed by atoms with E-state index in [1.807, 2.05) is 13.0 Å². The zero-order valence-corrected chi connectivity index (χ0v) is 10.5. The van der Waals surface area contributed by atoms with Crippen molar-refractivity contribution in [2.75, 3.05) is 0 Å². The van der Waals surface area contributed by atoms with Gasteiger partial charge in [0.25, 0.3) is 0 Å². The Morgan fingerprint density at radius 3 is 2.38 bits per heavy atom. The minimum atomic E-state index is -0.114. The molecule has 1 fully saturated rings. The lowest BCUT2D eigenvalue weighted by atomic mass is 9.71. The third-order valence-electron chi connectivity index (χ3n) is 4.01. The van der Waals surface area contributed by atoms with E-state index in [1.54, 1.807) is 12.1 Å². The normalized spacial score (nSPS) is 21.0. The molecule has 1 saturated carbocycles. The van der Waals surface area contributed by atoms with Crippen LogP contribution in [0.2, 0.25) is 0 Å². The number of aryl methyl sites for hydroxylation is 1. The second-order valence-electron chi connectivity index (χ2n) is 5.94. The first kappa shape index (κ1) is 11.6. The minimum Gasteiger partial charge on any atom is -0.207 e. The van der Waals surface area contributed by atoms with Crippen molar-refractivity contribution in [1.82, 2.24) is 0 Å². The molecule has 0 amide bonds. The molecule has 16 heavy (non-hydrogen) atoms. The van der Waals surface area contributed by atoms with Crippen molar-refractivity contribution < 1.29 is 4.39 Å². The van der Waals surface area contributed by atoms with Gasteiger partial charge >= 0.3 is 0 Å². The van der Waals surface area contributed by atoms with E-state index in [0.717, 1.165) is 5.56 Å². The van der Waals surface area contributed by atoms with E-state index >= 15 is 0 Å². The van der Waals surface area contributed by atoms with Crippen LogP contribution in [0.25, 0.3) is 0 Å². The largest absolute Gasteiger partial charge is 0.207 e. The molecule has 0 heterocycles. The van der Waals surface area contributed by atoms with Crippen molar-refractivity contribution in [3.8, 4) is 0 Å². The molecule has 0 atom stereocenters. The number of hydrogen-bond acceptors (Lipinski definition) is 0.